The van der Waals surface area contributed by atoms with Crippen LogP contribution in [0.15, 0.2) is 18.2 Å². The first-order valence-corrected chi connectivity index (χ1v) is 6.31. The molecule has 0 spiro atoms. The van der Waals surface area contributed by atoms with E-state index in [1.54, 1.807) is 12.1 Å². The molecule has 1 aliphatic rings. The molecule has 19 heavy (non-hydrogen) atoms. The van der Waals surface area contributed by atoms with Crippen molar-refractivity contribution in [1.82, 2.24) is 20.6 Å². The second-order valence-electron chi connectivity index (χ2n) is 4.73. The summed E-state index contributed by atoms with van der Waals surface area (Å²) in [6.07, 6.45) is 1.48. The fourth-order valence-electron chi connectivity index (χ4n) is 2.05. The van der Waals surface area contributed by atoms with Crippen LogP contribution in [0.4, 0.5) is 5.69 Å². The maximum Gasteiger partial charge on any atom is 0.238 e. The summed E-state index contributed by atoms with van der Waals surface area (Å²) in [7, 11) is 0. The van der Waals surface area contributed by atoms with E-state index in [-0.39, 0.29) is 5.91 Å². The number of carbonyl (C=O) groups excluding carboxylic acids is 1. The van der Waals surface area contributed by atoms with E-state index >= 15 is 0 Å². The van der Waals surface area contributed by atoms with Crippen molar-refractivity contribution in [3.05, 3.63) is 34.6 Å². The van der Waals surface area contributed by atoms with Crippen LogP contribution in [0, 0.1) is 6.92 Å². The van der Waals surface area contributed by atoms with Gasteiger partial charge in [-0.2, -0.15) is 5.21 Å². The van der Waals surface area contributed by atoms with Crippen molar-refractivity contribution in [2.75, 3.05) is 5.32 Å². The standard InChI is InChI=1S/C12H12ClN5O/c1-7-6-8(13)2-3-9(7)14-11(19)12(4-5-12)10-15-17-18-16-10/h2-3,6H,4-5H2,1H3,(H,14,19)(H,15,16,17,18). The number of nitrogens with one attached hydrogen (secondary N) is 2. The van der Waals surface area contributed by atoms with Crippen molar-refractivity contribution >= 4 is 23.2 Å². The van der Waals surface area contributed by atoms with E-state index in [9.17, 15) is 4.79 Å². The van der Waals surface area contributed by atoms with Gasteiger partial charge in [0.15, 0.2) is 5.82 Å². The number of hydrogen-bond acceptors (Lipinski definition) is 4. The molecule has 1 aromatic carbocycles. The summed E-state index contributed by atoms with van der Waals surface area (Å²) >= 11 is 5.89. The van der Waals surface area contributed by atoms with E-state index in [1.165, 1.54) is 0 Å². The third-order valence-corrected chi connectivity index (χ3v) is 3.63. The predicted octanol–water partition coefficient (Wildman–Crippen LogP) is 1.83. The number of halogens is 1. The largest absolute Gasteiger partial charge is 0.325 e. The van der Waals surface area contributed by atoms with E-state index in [0.29, 0.717) is 10.8 Å². The molecule has 0 aliphatic heterocycles. The zero-order valence-electron chi connectivity index (χ0n) is 10.3. The number of aryl methyl sites for hydroxylation is 1. The molecule has 0 unspecified atom stereocenters. The molecule has 1 aromatic heterocycles. The highest BCUT2D eigenvalue weighted by Gasteiger charge is 2.55. The first-order valence-electron chi connectivity index (χ1n) is 5.93. The molecule has 1 amide bonds. The van der Waals surface area contributed by atoms with Gasteiger partial charge in [-0.1, -0.05) is 16.8 Å². The summed E-state index contributed by atoms with van der Waals surface area (Å²) < 4.78 is 0. The number of tetrazole rings is 1. The number of carbonyl (C=O) groups is 1. The summed E-state index contributed by atoms with van der Waals surface area (Å²) in [4.78, 5) is 12.4. The highest BCUT2D eigenvalue weighted by atomic mass is 35.5. The summed E-state index contributed by atoms with van der Waals surface area (Å²) in [5, 5.41) is 17.3. The number of aromatic amines is 1. The van der Waals surface area contributed by atoms with Gasteiger partial charge in [-0.3, -0.25) is 4.79 Å². The van der Waals surface area contributed by atoms with Gasteiger partial charge in [-0.25, -0.2) is 0 Å². The van der Waals surface area contributed by atoms with Gasteiger partial charge in [-0.05, 0) is 43.5 Å². The highest BCUT2D eigenvalue weighted by molar-refractivity contribution is 6.30. The molecule has 2 aromatic rings. The van der Waals surface area contributed by atoms with Gasteiger partial charge in [0.05, 0.1) is 0 Å². The molecule has 6 nitrogen and oxygen atoms in total. The van der Waals surface area contributed by atoms with Gasteiger partial charge in [0.2, 0.25) is 5.91 Å². The Morgan fingerprint density at radius 2 is 2.26 bits per heavy atom. The van der Waals surface area contributed by atoms with Crippen molar-refractivity contribution in [3.8, 4) is 0 Å². The average Bonchev–Trinajstić information content (AvgIpc) is 3.01. The Hall–Kier alpha value is -1.95. The smallest absolute Gasteiger partial charge is 0.238 e. The fraction of sp³-hybridized carbons (Fsp3) is 0.333. The van der Waals surface area contributed by atoms with Gasteiger partial charge >= 0.3 is 0 Å². The number of benzene rings is 1. The van der Waals surface area contributed by atoms with Crippen LogP contribution in [0.1, 0.15) is 24.2 Å². The number of anilines is 1. The Morgan fingerprint density at radius 3 is 2.84 bits per heavy atom. The third-order valence-electron chi connectivity index (χ3n) is 3.39. The Balaban J connectivity index is 1.82. The maximum absolute atomic E-state index is 12.4. The molecule has 0 bridgehead atoms. The molecule has 1 saturated carbocycles. The Morgan fingerprint density at radius 1 is 1.47 bits per heavy atom. The molecule has 1 fully saturated rings. The van der Waals surface area contributed by atoms with Crippen LogP contribution in [-0.4, -0.2) is 26.5 Å². The van der Waals surface area contributed by atoms with Crippen LogP contribution in [0.5, 0.6) is 0 Å². The quantitative estimate of drug-likeness (QED) is 0.896. The van der Waals surface area contributed by atoms with Crippen LogP contribution < -0.4 is 5.32 Å². The van der Waals surface area contributed by atoms with E-state index in [4.69, 9.17) is 11.6 Å². The summed E-state index contributed by atoms with van der Waals surface area (Å²) in [6, 6.07) is 5.35. The number of hydrogen-bond donors (Lipinski definition) is 2. The molecule has 0 atom stereocenters. The van der Waals surface area contributed by atoms with Crippen molar-refractivity contribution in [2.24, 2.45) is 0 Å². The second-order valence-corrected chi connectivity index (χ2v) is 5.17. The molecule has 2 N–H and O–H groups in total. The van der Waals surface area contributed by atoms with E-state index in [0.717, 1.165) is 24.1 Å². The van der Waals surface area contributed by atoms with Gasteiger partial charge < -0.3 is 5.32 Å². The van der Waals surface area contributed by atoms with Crippen LogP contribution in [-0.2, 0) is 10.2 Å². The molecule has 0 saturated heterocycles. The topological polar surface area (TPSA) is 83.6 Å². The zero-order valence-corrected chi connectivity index (χ0v) is 11.0. The molecule has 1 aliphatic carbocycles. The minimum absolute atomic E-state index is 0.0978. The number of rotatable bonds is 3. The summed E-state index contributed by atoms with van der Waals surface area (Å²) in [5.41, 5.74) is 1.05. The van der Waals surface area contributed by atoms with Gasteiger partial charge in [0, 0.05) is 10.7 Å². The van der Waals surface area contributed by atoms with Crippen molar-refractivity contribution < 1.29 is 4.79 Å². The second kappa shape index (κ2) is 4.31. The number of nitrogens with zero attached hydrogens (tertiary/aromatic N) is 3. The molecular weight excluding hydrogens is 266 g/mol. The summed E-state index contributed by atoms with van der Waals surface area (Å²) in [6.45, 7) is 1.90. The van der Waals surface area contributed by atoms with Crippen molar-refractivity contribution in [3.63, 3.8) is 0 Å². The van der Waals surface area contributed by atoms with Gasteiger partial charge in [0.25, 0.3) is 0 Å². The van der Waals surface area contributed by atoms with Crippen LogP contribution in [0.25, 0.3) is 0 Å². The van der Waals surface area contributed by atoms with Gasteiger partial charge in [0.1, 0.15) is 5.41 Å². The fourth-order valence-corrected chi connectivity index (χ4v) is 2.28. The van der Waals surface area contributed by atoms with E-state index in [1.807, 2.05) is 13.0 Å². The molecule has 0 radical (unpaired) electrons. The molecule has 7 heteroatoms. The lowest BCUT2D eigenvalue weighted by Gasteiger charge is -2.13. The first-order chi connectivity index (χ1) is 9.12. The molecule has 98 valence electrons. The average molecular weight is 278 g/mol. The Kier molecular flexibility index (Phi) is 2.74. The summed E-state index contributed by atoms with van der Waals surface area (Å²) in [5.74, 6) is 0.357. The SMILES string of the molecule is Cc1cc(Cl)ccc1NC(=O)C1(c2nn[nH]n2)CC1. The zero-order chi connectivity index (χ0) is 13.5. The number of aromatic nitrogens is 4. The lowest BCUT2D eigenvalue weighted by molar-refractivity contribution is -0.118. The lowest BCUT2D eigenvalue weighted by Crippen LogP contribution is -2.29. The van der Waals surface area contributed by atoms with E-state index < -0.39 is 5.41 Å². The first kappa shape index (κ1) is 12.1. The van der Waals surface area contributed by atoms with Gasteiger partial charge in [-0.15, -0.1) is 10.2 Å². The van der Waals surface area contributed by atoms with Crippen LogP contribution in [0.2, 0.25) is 5.02 Å². The van der Waals surface area contributed by atoms with E-state index in [2.05, 4.69) is 25.9 Å². The molecular formula is C12H12ClN5O. The van der Waals surface area contributed by atoms with Crippen LogP contribution in [0.3, 0.4) is 0 Å². The predicted molar refractivity (Wildman–Crippen MR) is 69.9 cm³/mol. The van der Waals surface area contributed by atoms with Crippen molar-refractivity contribution in [2.45, 2.75) is 25.2 Å². The Bertz CT molecular complexity index is 621. The normalized spacial score (nSPS) is 16.1. The Labute approximate surface area is 114 Å². The highest BCUT2D eigenvalue weighted by Crippen LogP contribution is 2.47. The van der Waals surface area contributed by atoms with Crippen molar-refractivity contribution in [1.29, 1.82) is 0 Å². The number of amides is 1. The molecule has 3 rings (SSSR count). The monoisotopic (exact) mass is 277 g/mol. The minimum Gasteiger partial charge on any atom is -0.325 e. The lowest BCUT2D eigenvalue weighted by atomic mass is 10.1. The minimum atomic E-state index is -0.626. The maximum atomic E-state index is 12.4. The van der Waals surface area contributed by atoms with Crippen LogP contribution >= 0.6 is 11.6 Å². The number of H-pyrrole nitrogens is 1. The molecule has 1 heterocycles. The third kappa shape index (κ3) is 2.08.